The van der Waals surface area contributed by atoms with Gasteiger partial charge in [0.15, 0.2) is 0 Å². The molecule has 28 heavy (non-hydrogen) atoms. The first kappa shape index (κ1) is 20.2. The first-order valence-corrected chi connectivity index (χ1v) is 10.0. The van der Waals surface area contributed by atoms with Crippen LogP contribution >= 0.6 is 0 Å². The average molecular weight is 387 g/mol. The summed E-state index contributed by atoms with van der Waals surface area (Å²) in [6.07, 6.45) is 3.90. The van der Waals surface area contributed by atoms with Gasteiger partial charge in [-0.1, -0.05) is 13.8 Å². The quantitative estimate of drug-likeness (QED) is 0.520. The Hall–Kier alpha value is -2.57. The fourth-order valence-electron chi connectivity index (χ4n) is 3.61. The highest BCUT2D eigenvalue weighted by molar-refractivity contribution is 6.07. The Bertz CT molecular complexity index is 760. The van der Waals surface area contributed by atoms with Gasteiger partial charge in [-0.25, -0.2) is 4.99 Å². The maximum atomic E-state index is 12.2. The smallest absolute Gasteiger partial charge is 0.302 e. The van der Waals surface area contributed by atoms with Crippen molar-refractivity contribution in [2.75, 3.05) is 13.2 Å². The summed E-state index contributed by atoms with van der Waals surface area (Å²) in [5, 5.41) is 2.89. The van der Waals surface area contributed by atoms with Crippen LogP contribution in [0.2, 0.25) is 0 Å². The summed E-state index contributed by atoms with van der Waals surface area (Å²) >= 11 is 0. The van der Waals surface area contributed by atoms with E-state index in [0.717, 1.165) is 42.7 Å². The second-order valence-corrected chi connectivity index (χ2v) is 7.63. The zero-order chi connectivity index (χ0) is 20.1. The zero-order valence-corrected chi connectivity index (χ0v) is 16.9. The largest absolute Gasteiger partial charge is 0.494 e. The van der Waals surface area contributed by atoms with Crippen LogP contribution in [0.25, 0.3) is 0 Å². The van der Waals surface area contributed by atoms with Gasteiger partial charge in [-0.3, -0.25) is 14.9 Å². The van der Waals surface area contributed by atoms with Crippen molar-refractivity contribution in [2.24, 2.45) is 10.9 Å². The predicted molar refractivity (Wildman–Crippen MR) is 106 cm³/mol. The van der Waals surface area contributed by atoms with Gasteiger partial charge in [-0.2, -0.15) is 0 Å². The number of carbonyl (C=O) groups excluding carboxylic acids is 2. The van der Waals surface area contributed by atoms with Crippen LogP contribution in [-0.2, 0) is 20.9 Å². The number of amides is 1. The maximum Gasteiger partial charge on any atom is 0.302 e. The van der Waals surface area contributed by atoms with E-state index in [0.29, 0.717) is 25.7 Å². The second-order valence-electron chi connectivity index (χ2n) is 7.63. The molecule has 152 valence electrons. The lowest BCUT2D eigenvalue weighted by Gasteiger charge is -2.29. The standard InChI is InChI=1S/C21H29N3O4/c1-14(2)19-20(26)23-21-22-18-9-8-17(12-16(18)13-24(19)21)28-11-7-5-4-6-10-27-15(3)25/h8-9,12,14,19H,4-7,10-11,13H2,1-3H3,(H,22,23,26). The Balaban J connectivity index is 1.48. The molecule has 3 rings (SSSR count). The van der Waals surface area contributed by atoms with Crippen molar-refractivity contribution in [3.63, 3.8) is 0 Å². The summed E-state index contributed by atoms with van der Waals surface area (Å²) in [5.74, 6) is 1.50. The molecule has 2 heterocycles. The van der Waals surface area contributed by atoms with E-state index in [1.165, 1.54) is 6.92 Å². The number of hydrogen-bond donors (Lipinski definition) is 1. The van der Waals surface area contributed by atoms with Gasteiger partial charge in [0.2, 0.25) is 11.9 Å². The predicted octanol–water partition coefficient (Wildman–Crippen LogP) is 3.15. The van der Waals surface area contributed by atoms with Crippen LogP contribution in [0.5, 0.6) is 5.75 Å². The summed E-state index contributed by atoms with van der Waals surface area (Å²) in [6, 6.07) is 5.72. The monoisotopic (exact) mass is 387 g/mol. The molecule has 1 amide bonds. The lowest BCUT2D eigenvalue weighted by Crippen LogP contribution is -2.39. The number of benzene rings is 1. The van der Waals surface area contributed by atoms with Crippen LogP contribution in [0.4, 0.5) is 5.69 Å². The first-order chi connectivity index (χ1) is 13.5. The Labute approximate surface area is 166 Å². The molecule has 0 spiro atoms. The fraction of sp³-hybridized carbons (Fsp3) is 0.571. The molecule has 0 aliphatic carbocycles. The first-order valence-electron chi connectivity index (χ1n) is 10.0. The van der Waals surface area contributed by atoms with Gasteiger partial charge in [0, 0.05) is 19.0 Å². The van der Waals surface area contributed by atoms with Crippen LogP contribution < -0.4 is 10.1 Å². The number of aliphatic imine (C=N–C) groups is 1. The van der Waals surface area contributed by atoms with Gasteiger partial charge in [-0.15, -0.1) is 0 Å². The van der Waals surface area contributed by atoms with E-state index in [-0.39, 0.29) is 23.8 Å². The number of hydrogen-bond acceptors (Lipinski definition) is 6. The number of nitrogens with zero attached hydrogens (tertiary/aromatic N) is 2. The van der Waals surface area contributed by atoms with Crippen molar-refractivity contribution < 1.29 is 19.1 Å². The van der Waals surface area contributed by atoms with Gasteiger partial charge in [-0.05, 0) is 49.8 Å². The van der Waals surface area contributed by atoms with Crippen molar-refractivity contribution >= 4 is 23.5 Å². The number of ether oxygens (including phenoxy) is 2. The summed E-state index contributed by atoms with van der Waals surface area (Å²) in [7, 11) is 0. The van der Waals surface area contributed by atoms with E-state index < -0.39 is 0 Å². The highest BCUT2D eigenvalue weighted by Gasteiger charge is 2.40. The molecule has 1 aromatic rings. The van der Waals surface area contributed by atoms with Crippen LogP contribution in [0.1, 0.15) is 52.0 Å². The van der Waals surface area contributed by atoms with Crippen molar-refractivity contribution in [2.45, 2.75) is 59.0 Å². The minimum Gasteiger partial charge on any atom is -0.494 e. The van der Waals surface area contributed by atoms with Crippen molar-refractivity contribution in [3.8, 4) is 5.75 Å². The van der Waals surface area contributed by atoms with Gasteiger partial charge >= 0.3 is 5.97 Å². The molecular formula is C21H29N3O4. The third-order valence-corrected chi connectivity index (χ3v) is 4.97. The maximum absolute atomic E-state index is 12.2. The summed E-state index contributed by atoms with van der Waals surface area (Å²) < 4.78 is 10.8. The van der Waals surface area contributed by atoms with Crippen LogP contribution in [-0.4, -0.2) is 42.0 Å². The number of carbonyl (C=O) groups is 2. The summed E-state index contributed by atoms with van der Waals surface area (Å²) in [6.45, 7) is 7.33. The minimum atomic E-state index is -0.221. The number of fused-ring (bicyclic) bond motifs is 2. The molecule has 0 aromatic heterocycles. The van der Waals surface area contributed by atoms with Crippen LogP contribution in [0.15, 0.2) is 23.2 Å². The van der Waals surface area contributed by atoms with Crippen molar-refractivity contribution in [1.82, 2.24) is 10.2 Å². The van der Waals surface area contributed by atoms with Gasteiger partial charge < -0.3 is 14.4 Å². The van der Waals surface area contributed by atoms with E-state index in [4.69, 9.17) is 9.47 Å². The third-order valence-electron chi connectivity index (χ3n) is 4.97. The van der Waals surface area contributed by atoms with E-state index in [1.54, 1.807) is 0 Å². The Morgan fingerprint density at radius 1 is 1.25 bits per heavy atom. The van der Waals surface area contributed by atoms with E-state index in [9.17, 15) is 9.59 Å². The number of unbranched alkanes of at least 4 members (excludes halogenated alkanes) is 3. The molecule has 0 saturated carbocycles. The van der Waals surface area contributed by atoms with E-state index in [1.807, 2.05) is 23.1 Å². The lowest BCUT2D eigenvalue weighted by atomic mass is 10.0. The number of nitrogens with one attached hydrogen (secondary N) is 1. The van der Waals surface area contributed by atoms with Gasteiger partial charge in [0.1, 0.15) is 11.8 Å². The van der Waals surface area contributed by atoms with Crippen molar-refractivity contribution in [3.05, 3.63) is 23.8 Å². The SMILES string of the molecule is CC(=O)OCCCCCCOc1ccc2c(c1)CN1C(=N2)NC(=O)C1C(C)C. The third kappa shape index (κ3) is 4.82. The summed E-state index contributed by atoms with van der Waals surface area (Å²) in [4.78, 5) is 29.6. The van der Waals surface area contributed by atoms with Crippen molar-refractivity contribution in [1.29, 1.82) is 0 Å². The highest BCUT2D eigenvalue weighted by atomic mass is 16.5. The normalized spacial score (nSPS) is 17.7. The van der Waals surface area contributed by atoms with E-state index in [2.05, 4.69) is 24.2 Å². The molecule has 1 N–H and O–H groups in total. The molecule has 1 unspecified atom stereocenters. The topological polar surface area (TPSA) is 80.2 Å². The molecule has 1 aromatic carbocycles. The van der Waals surface area contributed by atoms with Crippen LogP contribution in [0.3, 0.4) is 0 Å². The molecular weight excluding hydrogens is 358 g/mol. The molecule has 2 aliphatic rings. The molecule has 7 nitrogen and oxygen atoms in total. The highest BCUT2D eigenvalue weighted by Crippen LogP contribution is 2.33. The van der Waals surface area contributed by atoms with Gasteiger partial charge in [0.05, 0.1) is 18.9 Å². The van der Waals surface area contributed by atoms with E-state index >= 15 is 0 Å². The molecule has 1 saturated heterocycles. The Kier molecular flexibility index (Phi) is 6.54. The number of rotatable bonds is 9. The fourth-order valence-corrected chi connectivity index (χ4v) is 3.61. The zero-order valence-electron chi connectivity index (χ0n) is 16.9. The van der Waals surface area contributed by atoms with Crippen LogP contribution in [0, 0.1) is 5.92 Å². The average Bonchev–Trinajstić information content (AvgIpc) is 2.96. The second kappa shape index (κ2) is 9.08. The number of guanidine groups is 1. The molecule has 1 fully saturated rings. The lowest BCUT2D eigenvalue weighted by molar-refractivity contribution is -0.141. The summed E-state index contributed by atoms with van der Waals surface area (Å²) in [5.41, 5.74) is 1.96. The number of esters is 1. The van der Waals surface area contributed by atoms with Gasteiger partial charge in [0.25, 0.3) is 0 Å². The molecule has 1 atom stereocenters. The minimum absolute atomic E-state index is 0.0201. The Morgan fingerprint density at radius 2 is 2.00 bits per heavy atom. The molecule has 2 aliphatic heterocycles. The molecule has 7 heteroatoms. The molecule has 0 radical (unpaired) electrons. The molecule has 0 bridgehead atoms. The Morgan fingerprint density at radius 3 is 2.71 bits per heavy atom.